The Balaban J connectivity index is 2.37. The van der Waals surface area contributed by atoms with Gasteiger partial charge in [-0.05, 0) is 24.1 Å². The number of carboxylic acid groups (broad SMARTS) is 1. The molecule has 0 aliphatic carbocycles. The van der Waals surface area contributed by atoms with E-state index in [2.05, 4.69) is 5.32 Å². The normalized spacial score (nSPS) is 18.5. The van der Waals surface area contributed by atoms with Gasteiger partial charge in [-0.3, -0.25) is 9.59 Å². The molecule has 2 rings (SSSR count). The van der Waals surface area contributed by atoms with Gasteiger partial charge in [0.25, 0.3) is 0 Å². The third kappa shape index (κ3) is 1.70. The summed E-state index contributed by atoms with van der Waals surface area (Å²) in [7, 11) is 0. The summed E-state index contributed by atoms with van der Waals surface area (Å²) < 4.78 is 0. The molecule has 1 heterocycles. The van der Waals surface area contributed by atoms with Crippen LogP contribution in [0.15, 0.2) is 18.2 Å². The maximum atomic E-state index is 11.5. The highest BCUT2D eigenvalue weighted by molar-refractivity contribution is 6.04. The summed E-state index contributed by atoms with van der Waals surface area (Å²) in [6.45, 7) is 1.93. The number of carboxylic acids is 1. The van der Waals surface area contributed by atoms with Gasteiger partial charge in [0.05, 0.1) is 12.3 Å². The predicted molar refractivity (Wildman–Crippen MR) is 54.8 cm³/mol. The number of carbonyl (C=O) groups is 2. The molecule has 15 heavy (non-hydrogen) atoms. The lowest BCUT2D eigenvalue weighted by Gasteiger charge is -2.04. The van der Waals surface area contributed by atoms with Gasteiger partial charge in [0, 0.05) is 5.69 Å². The Morgan fingerprint density at radius 3 is 2.93 bits per heavy atom. The molecule has 0 spiro atoms. The first-order valence-corrected chi connectivity index (χ1v) is 4.71. The van der Waals surface area contributed by atoms with E-state index in [1.165, 1.54) is 0 Å². The van der Waals surface area contributed by atoms with Crippen LogP contribution >= 0.6 is 0 Å². The van der Waals surface area contributed by atoms with Crippen molar-refractivity contribution in [3.63, 3.8) is 0 Å². The fourth-order valence-electron chi connectivity index (χ4n) is 1.82. The van der Waals surface area contributed by atoms with Crippen LogP contribution in [0.5, 0.6) is 0 Å². The Morgan fingerprint density at radius 2 is 2.27 bits per heavy atom. The van der Waals surface area contributed by atoms with E-state index in [1.54, 1.807) is 0 Å². The van der Waals surface area contributed by atoms with Crippen molar-refractivity contribution >= 4 is 17.6 Å². The van der Waals surface area contributed by atoms with Crippen LogP contribution in [-0.2, 0) is 9.59 Å². The molecule has 4 heteroatoms. The molecule has 1 atom stereocenters. The van der Waals surface area contributed by atoms with Crippen LogP contribution in [0.2, 0.25) is 0 Å². The Morgan fingerprint density at radius 1 is 1.53 bits per heavy atom. The number of amides is 1. The molecule has 1 amide bonds. The number of nitrogens with one attached hydrogen (secondary N) is 1. The highest BCUT2D eigenvalue weighted by atomic mass is 16.4. The third-order valence-electron chi connectivity index (χ3n) is 2.54. The maximum absolute atomic E-state index is 11.5. The predicted octanol–water partition coefficient (Wildman–Crippen LogP) is 1.51. The minimum absolute atomic E-state index is 0.151. The van der Waals surface area contributed by atoms with Crippen LogP contribution < -0.4 is 5.32 Å². The second kappa shape index (κ2) is 3.38. The molecule has 1 aliphatic rings. The van der Waals surface area contributed by atoms with E-state index < -0.39 is 11.9 Å². The van der Waals surface area contributed by atoms with Gasteiger partial charge in [-0.2, -0.15) is 0 Å². The van der Waals surface area contributed by atoms with Crippen LogP contribution in [0.25, 0.3) is 0 Å². The van der Waals surface area contributed by atoms with Crippen molar-refractivity contribution in [3.05, 3.63) is 29.3 Å². The first-order chi connectivity index (χ1) is 7.08. The monoisotopic (exact) mass is 205 g/mol. The van der Waals surface area contributed by atoms with Crippen LogP contribution in [0.4, 0.5) is 5.69 Å². The van der Waals surface area contributed by atoms with Crippen molar-refractivity contribution < 1.29 is 14.7 Å². The Labute approximate surface area is 86.9 Å². The van der Waals surface area contributed by atoms with Crippen molar-refractivity contribution in [2.24, 2.45) is 0 Å². The lowest BCUT2D eigenvalue weighted by molar-refractivity contribution is -0.138. The Hall–Kier alpha value is -1.84. The molecule has 1 aromatic carbocycles. The number of anilines is 1. The second-order valence-corrected chi connectivity index (χ2v) is 3.73. The van der Waals surface area contributed by atoms with Crippen molar-refractivity contribution in [1.82, 2.24) is 0 Å². The van der Waals surface area contributed by atoms with Gasteiger partial charge in [-0.25, -0.2) is 0 Å². The van der Waals surface area contributed by atoms with Crippen molar-refractivity contribution in [2.45, 2.75) is 19.3 Å². The maximum Gasteiger partial charge on any atom is 0.304 e. The summed E-state index contributed by atoms with van der Waals surface area (Å²) in [4.78, 5) is 22.1. The van der Waals surface area contributed by atoms with Gasteiger partial charge in [-0.15, -0.1) is 0 Å². The molecule has 2 N–H and O–H groups in total. The Kier molecular flexibility index (Phi) is 2.19. The van der Waals surface area contributed by atoms with E-state index >= 15 is 0 Å². The van der Waals surface area contributed by atoms with Crippen molar-refractivity contribution in [1.29, 1.82) is 0 Å². The summed E-state index contributed by atoms with van der Waals surface area (Å²) in [6.07, 6.45) is -0.151. The van der Waals surface area contributed by atoms with Crippen LogP contribution in [0.1, 0.15) is 23.5 Å². The molecule has 4 nitrogen and oxygen atoms in total. The summed E-state index contributed by atoms with van der Waals surface area (Å²) in [5, 5.41) is 11.4. The first kappa shape index (κ1) is 9.71. The molecule has 1 aliphatic heterocycles. The largest absolute Gasteiger partial charge is 0.481 e. The molecule has 0 saturated carbocycles. The molecule has 78 valence electrons. The molecule has 0 aromatic heterocycles. The minimum Gasteiger partial charge on any atom is -0.481 e. The molecule has 0 unspecified atom stereocenters. The number of hydrogen-bond donors (Lipinski definition) is 2. The molecule has 1 aromatic rings. The SMILES string of the molecule is Cc1ccc2c(c1)NC(=O)[C@@H]2CC(=O)O. The van der Waals surface area contributed by atoms with Gasteiger partial charge in [0.1, 0.15) is 0 Å². The van der Waals surface area contributed by atoms with Crippen LogP contribution in [0.3, 0.4) is 0 Å². The quantitative estimate of drug-likeness (QED) is 0.769. The first-order valence-electron chi connectivity index (χ1n) is 4.71. The van der Waals surface area contributed by atoms with Crippen molar-refractivity contribution in [2.75, 3.05) is 5.32 Å². The summed E-state index contributed by atoms with van der Waals surface area (Å²) in [5.74, 6) is -1.72. The highest BCUT2D eigenvalue weighted by Crippen LogP contribution is 2.34. The van der Waals surface area contributed by atoms with Crippen LogP contribution in [0, 0.1) is 6.92 Å². The van der Waals surface area contributed by atoms with Gasteiger partial charge >= 0.3 is 5.97 Å². The fourth-order valence-corrected chi connectivity index (χ4v) is 1.82. The summed E-state index contributed by atoms with van der Waals surface area (Å²) in [6, 6.07) is 5.55. The van der Waals surface area contributed by atoms with Crippen LogP contribution in [-0.4, -0.2) is 17.0 Å². The summed E-state index contributed by atoms with van der Waals surface area (Å²) in [5.41, 5.74) is 2.57. The third-order valence-corrected chi connectivity index (χ3v) is 2.54. The molecule has 0 radical (unpaired) electrons. The number of aliphatic carboxylic acids is 1. The zero-order valence-corrected chi connectivity index (χ0v) is 8.28. The number of rotatable bonds is 2. The van der Waals surface area contributed by atoms with E-state index in [1.807, 2.05) is 25.1 Å². The van der Waals surface area contributed by atoms with Crippen molar-refractivity contribution in [3.8, 4) is 0 Å². The van der Waals surface area contributed by atoms with Gasteiger partial charge in [-0.1, -0.05) is 12.1 Å². The number of carbonyl (C=O) groups excluding carboxylic acids is 1. The van der Waals surface area contributed by atoms with Gasteiger partial charge < -0.3 is 10.4 Å². The average Bonchev–Trinajstić information content (AvgIpc) is 2.41. The standard InChI is InChI=1S/C11H11NO3/c1-6-2-3-7-8(5-10(13)14)11(15)12-9(7)4-6/h2-4,8H,5H2,1H3,(H,12,15)(H,13,14)/t8-/m1/s1. The zero-order chi connectivity index (χ0) is 11.0. The summed E-state index contributed by atoms with van der Waals surface area (Å²) >= 11 is 0. The zero-order valence-electron chi connectivity index (χ0n) is 8.28. The van der Waals surface area contributed by atoms with E-state index in [0.29, 0.717) is 0 Å². The molecule has 0 fully saturated rings. The average molecular weight is 205 g/mol. The van der Waals surface area contributed by atoms with E-state index in [0.717, 1.165) is 16.8 Å². The number of aryl methyl sites for hydroxylation is 1. The fraction of sp³-hybridized carbons (Fsp3) is 0.273. The molecular weight excluding hydrogens is 194 g/mol. The highest BCUT2D eigenvalue weighted by Gasteiger charge is 2.31. The molecular formula is C11H11NO3. The smallest absolute Gasteiger partial charge is 0.304 e. The van der Waals surface area contributed by atoms with Gasteiger partial charge in [0.2, 0.25) is 5.91 Å². The number of fused-ring (bicyclic) bond motifs is 1. The second-order valence-electron chi connectivity index (χ2n) is 3.73. The molecule has 0 bridgehead atoms. The number of benzene rings is 1. The lowest BCUT2D eigenvalue weighted by Crippen LogP contribution is -2.15. The lowest BCUT2D eigenvalue weighted by atomic mass is 9.96. The van der Waals surface area contributed by atoms with E-state index in [4.69, 9.17) is 5.11 Å². The number of hydrogen-bond acceptors (Lipinski definition) is 2. The molecule has 0 saturated heterocycles. The Bertz CT molecular complexity index is 439. The van der Waals surface area contributed by atoms with E-state index in [-0.39, 0.29) is 12.3 Å². The van der Waals surface area contributed by atoms with E-state index in [9.17, 15) is 9.59 Å². The minimum atomic E-state index is -0.955. The topological polar surface area (TPSA) is 66.4 Å². The van der Waals surface area contributed by atoms with Gasteiger partial charge in [0.15, 0.2) is 0 Å².